The molecule has 2 aromatic heterocycles. The van der Waals surface area contributed by atoms with E-state index in [2.05, 4.69) is 17.2 Å². The first kappa shape index (κ1) is 16.1. The van der Waals surface area contributed by atoms with E-state index >= 15 is 0 Å². The summed E-state index contributed by atoms with van der Waals surface area (Å²) in [5.41, 5.74) is 3.57. The van der Waals surface area contributed by atoms with Crippen molar-refractivity contribution < 1.29 is 9.47 Å². The minimum atomic E-state index is 0.681. The summed E-state index contributed by atoms with van der Waals surface area (Å²) in [4.78, 5) is 4.57. The number of nitrogens with zero attached hydrogens (tertiary/aromatic N) is 3. The third kappa shape index (κ3) is 2.99. The minimum Gasteiger partial charge on any atom is -0.493 e. The van der Waals surface area contributed by atoms with Crippen LogP contribution in [0.1, 0.15) is 19.0 Å². The van der Waals surface area contributed by atoms with Crippen LogP contribution in [-0.4, -0.2) is 35.4 Å². The quantitative estimate of drug-likeness (QED) is 0.751. The van der Waals surface area contributed by atoms with Crippen LogP contribution >= 0.6 is 0 Å². The van der Waals surface area contributed by atoms with Gasteiger partial charge in [0.2, 0.25) is 0 Å². The summed E-state index contributed by atoms with van der Waals surface area (Å²) in [6, 6.07) is 9.76. The molecule has 6 heteroatoms. The van der Waals surface area contributed by atoms with Gasteiger partial charge in [-0.2, -0.15) is 9.61 Å². The number of rotatable bonds is 6. The molecule has 0 aliphatic rings. The second-order valence-electron chi connectivity index (χ2n) is 5.58. The lowest BCUT2D eigenvalue weighted by molar-refractivity contribution is 0.355. The fourth-order valence-electron chi connectivity index (χ4n) is 2.62. The Morgan fingerprint density at radius 2 is 1.88 bits per heavy atom. The number of ether oxygens (including phenoxy) is 2. The first-order valence-electron chi connectivity index (χ1n) is 8.00. The molecule has 0 fully saturated rings. The summed E-state index contributed by atoms with van der Waals surface area (Å²) in [5.74, 6) is 2.33. The van der Waals surface area contributed by atoms with E-state index in [1.54, 1.807) is 14.2 Å². The molecule has 0 spiro atoms. The number of hydrogen-bond acceptors (Lipinski definition) is 5. The maximum Gasteiger partial charge on any atom is 0.161 e. The van der Waals surface area contributed by atoms with Gasteiger partial charge in [0.05, 0.1) is 19.9 Å². The SMILES string of the molecule is CCCNc1cc(C)nc2cc(-c3ccc(OC)c(OC)c3)nn12. The smallest absolute Gasteiger partial charge is 0.161 e. The van der Waals surface area contributed by atoms with E-state index in [0.29, 0.717) is 11.5 Å². The molecule has 126 valence electrons. The van der Waals surface area contributed by atoms with Crippen molar-refractivity contribution in [1.29, 1.82) is 0 Å². The van der Waals surface area contributed by atoms with Crippen molar-refractivity contribution in [2.24, 2.45) is 0 Å². The zero-order valence-corrected chi connectivity index (χ0v) is 14.5. The molecule has 0 unspecified atom stereocenters. The van der Waals surface area contributed by atoms with Crippen molar-refractivity contribution >= 4 is 11.5 Å². The van der Waals surface area contributed by atoms with Crippen LogP contribution in [0.2, 0.25) is 0 Å². The molecule has 3 rings (SSSR count). The van der Waals surface area contributed by atoms with E-state index in [-0.39, 0.29) is 0 Å². The Bertz CT molecular complexity index is 858. The van der Waals surface area contributed by atoms with Gasteiger partial charge >= 0.3 is 0 Å². The van der Waals surface area contributed by atoms with Crippen molar-refractivity contribution in [3.8, 4) is 22.8 Å². The fourth-order valence-corrected chi connectivity index (χ4v) is 2.62. The maximum absolute atomic E-state index is 5.38. The fraction of sp³-hybridized carbons (Fsp3) is 0.333. The van der Waals surface area contributed by atoms with E-state index < -0.39 is 0 Å². The van der Waals surface area contributed by atoms with Crippen molar-refractivity contribution in [2.45, 2.75) is 20.3 Å². The van der Waals surface area contributed by atoms with Gasteiger partial charge < -0.3 is 14.8 Å². The first-order valence-corrected chi connectivity index (χ1v) is 8.00. The van der Waals surface area contributed by atoms with Crippen LogP contribution in [0, 0.1) is 6.92 Å². The molecule has 0 atom stereocenters. The van der Waals surface area contributed by atoms with Gasteiger partial charge in [-0.25, -0.2) is 4.98 Å². The third-order valence-corrected chi connectivity index (χ3v) is 3.79. The van der Waals surface area contributed by atoms with Crippen LogP contribution in [-0.2, 0) is 0 Å². The molecule has 3 aromatic rings. The molecular weight excluding hydrogens is 304 g/mol. The molecule has 24 heavy (non-hydrogen) atoms. The standard InChI is InChI=1S/C18H22N4O2/c1-5-8-19-17-9-12(2)20-18-11-14(21-22(17)18)13-6-7-15(23-3)16(10-13)24-4/h6-7,9-11,19H,5,8H2,1-4H3. The topological polar surface area (TPSA) is 60.7 Å². The Morgan fingerprint density at radius 3 is 2.58 bits per heavy atom. The summed E-state index contributed by atoms with van der Waals surface area (Å²) < 4.78 is 12.5. The highest BCUT2D eigenvalue weighted by molar-refractivity contribution is 5.68. The lowest BCUT2D eigenvalue weighted by Crippen LogP contribution is -2.07. The van der Waals surface area contributed by atoms with E-state index in [1.807, 2.05) is 41.8 Å². The summed E-state index contributed by atoms with van der Waals surface area (Å²) >= 11 is 0. The Morgan fingerprint density at radius 1 is 1.08 bits per heavy atom. The van der Waals surface area contributed by atoms with Gasteiger partial charge in [0, 0.05) is 29.9 Å². The number of benzene rings is 1. The number of anilines is 1. The van der Waals surface area contributed by atoms with Crippen LogP contribution in [0.4, 0.5) is 5.82 Å². The molecule has 0 saturated carbocycles. The van der Waals surface area contributed by atoms with Crippen molar-refractivity contribution in [2.75, 3.05) is 26.1 Å². The maximum atomic E-state index is 5.38. The van der Waals surface area contributed by atoms with Gasteiger partial charge in [-0.1, -0.05) is 6.92 Å². The minimum absolute atomic E-state index is 0.681. The van der Waals surface area contributed by atoms with E-state index in [4.69, 9.17) is 14.6 Å². The van der Waals surface area contributed by atoms with Crippen molar-refractivity contribution in [3.63, 3.8) is 0 Å². The van der Waals surface area contributed by atoms with Crippen LogP contribution in [0.15, 0.2) is 30.3 Å². The summed E-state index contributed by atoms with van der Waals surface area (Å²) in [6.07, 6.45) is 1.05. The lowest BCUT2D eigenvalue weighted by atomic mass is 10.1. The van der Waals surface area contributed by atoms with Crippen LogP contribution < -0.4 is 14.8 Å². The highest BCUT2D eigenvalue weighted by Gasteiger charge is 2.12. The molecule has 6 nitrogen and oxygen atoms in total. The van der Waals surface area contributed by atoms with Gasteiger partial charge in [-0.15, -0.1) is 0 Å². The van der Waals surface area contributed by atoms with E-state index in [0.717, 1.165) is 41.4 Å². The van der Waals surface area contributed by atoms with Gasteiger partial charge in [0.15, 0.2) is 17.1 Å². The summed E-state index contributed by atoms with van der Waals surface area (Å²) in [5, 5.41) is 8.10. The van der Waals surface area contributed by atoms with Crippen LogP contribution in [0.5, 0.6) is 11.5 Å². The number of nitrogens with one attached hydrogen (secondary N) is 1. The number of aromatic nitrogens is 3. The van der Waals surface area contributed by atoms with Crippen LogP contribution in [0.25, 0.3) is 16.9 Å². The van der Waals surface area contributed by atoms with Gasteiger partial charge in [-0.3, -0.25) is 0 Å². The molecule has 0 aliphatic carbocycles. The molecule has 0 amide bonds. The molecule has 1 aromatic carbocycles. The molecule has 0 radical (unpaired) electrons. The second kappa shape index (κ2) is 6.78. The first-order chi connectivity index (χ1) is 11.7. The molecule has 0 aliphatic heterocycles. The monoisotopic (exact) mass is 326 g/mol. The van der Waals surface area contributed by atoms with Gasteiger partial charge in [0.25, 0.3) is 0 Å². The normalized spacial score (nSPS) is 10.8. The molecule has 0 saturated heterocycles. The number of fused-ring (bicyclic) bond motifs is 1. The Kier molecular flexibility index (Phi) is 4.55. The molecule has 1 N–H and O–H groups in total. The zero-order chi connectivity index (χ0) is 17.1. The second-order valence-corrected chi connectivity index (χ2v) is 5.58. The number of methoxy groups -OCH3 is 2. The summed E-state index contributed by atoms with van der Waals surface area (Å²) in [6.45, 7) is 5.01. The largest absolute Gasteiger partial charge is 0.493 e. The van der Waals surface area contributed by atoms with Gasteiger partial charge in [0.1, 0.15) is 5.82 Å². The Balaban J connectivity index is 2.07. The molecule has 0 bridgehead atoms. The highest BCUT2D eigenvalue weighted by Crippen LogP contribution is 2.32. The Labute approximate surface area is 141 Å². The average Bonchev–Trinajstić information content (AvgIpc) is 3.02. The predicted octanol–water partition coefficient (Wildman–Crippen LogP) is 3.54. The van der Waals surface area contributed by atoms with E-state index in [1.165, 1.54) is 0 Å². The predicted molar refractivity (Wildman–Crippen MR) is 95.0 cm³/mol. The average molecular weight is 326 g/mol. The Hall–Kier alpha value is -2.76. The molecular formula is C18H22N4O2. The summed E-state index contributed by atoms with van der Waals surface area (Å²) in [7, 11) is 3.25. The van der Waals surface area contributed by atoms with Crippen molar-refractivity contribution in [1.82, 2.24) is 14.6 Å². The highest BCUT2D eigenvalue weighted by atomic mass is 16.5. The lowest BCUT2D eigenvalue weighted by Gasteiger charge is -2.08. The van der Waals surface area contributed by atoms with E-state index in [9.17, 15) is 0 Å². The van der Waals surface area contributed by atoms with Gasteiger partial charge in [-0.05, 0) is 31.5 Å². The van der Waals surface area contributed by atoms with Crippen LogP contribution in [0.3, 0.4) is 0 Å². The number of aryl methyl sites for hydroxylation is 1. The zero-order valence-electron chi connectivity index (χ0n) is 14.5. The third-order valence-electron chi connectivity index (χ3n) is 3.79. The number of hydrogen-bond donors (Lipinski definition) is 1. The molecule has 2 heterocycles. The van der Waals surface area contributed by atoms with Crippen molar-refractivity contribution in [3.05, 3.63) is 36.0 Å².